The first-order valence-electron chi connectivity index (χ1n) is 8.33. The maximum absolute atomic E-state index is 12.2. The molecule has 0 aliphatic carbocycles. The molecule has 0 aliphatic heterocycles. The van der Waals surface area contributed by atoms with Crippen molar-refractivity contribution < 1.29 is 13.2 Å². The Balaban J connectivity index is 2.80. The van der Waals surface area contributed by atoms with Gasteiger partial charge in [0.15, 0.2) is 0 Å². The number of hydrogen-bond acceptors (Lipinski definition) is 3. The summed E-state index contributed by atoms with van der Waals surface area (Å²) in [6.45, 7) is 10.1. The van der Waals surface area contributed by atoms with Gasteiger partial charge >= 0.3 is 0 Å². The molecule has 0 bridgehead atoms. The number of amides is 1. The van der Waals surface area contributed by atoms with Crippen molar-refractivity contribution in [2.24, 2.45) is 0 Å². The summed E-state index contributed by atoms with van der Waals surface area (Å²) >= 11 is 0. The molecular weight excluding hydrogens is 324 g/mol. The first kappa shape index (κ1) is 20.5. The first-order chi connectivity index (χ1) is 11.0. The molecule has 0 aromatic heterocycles. The zero-order valence-corrected chi connectivity index (χ0v) is 16.5. The van der Waals surface area contributed by atoms with Gasteiger partial charge in [0.25, 0.3) is 0 Å². The normalized spacial score (nSPS) is 12.1. The van der Waals surface area contributed by atoms with Crippen molar-refractivity contribution in [1.82, 2.24) is 5.32 Å². The zero-order valence-electron chi connectivity index (χ0n) is 15.6. The number of nitrogens with one attached hydrogen (secondary N) is 1. The van der Waals surface area contributed by atoms with E-state index in [0.717, 1.165) is 17.5 Å². The van der Waals surface area contributed by atoms with E-state index in [-0.39, 0.29) is 11.4 Å². The number of carbonyl (C=O) groups excluding carboxylic acids is 1. The van der Waals surface area contributed by atoms with Gasteiger partial charge in [0.05, 0.1) is 11.9 Å². The predicted octanol–water partition coefficient (Wildman–Crippen LogP) is 3.15. The Bertz CT molecular complexity index is 682. The molecule has 0 spiro atoms. The molecule has 0 unspecified atom stereocenters. The minimum absolute atomic E-state index is 0.0451. The van der Waals surface area contributed by atoms with E-state index in [0.29, 0.717) is 25.1 Å². The number of sulfonamides is 1. The number of anilines is 1. The third kappa shape index (κ3) is 5.82. The van der Waals surface area contributed by atoms with Crippen LogP contribution in [-0.2, 0) is 14.8 Å². The summed E-state index contributed by atoms with van der Waals surface area (Å²) in [6, 6.07) is 5.62. The lowest BCUT2D eigenvalue weighted by atomic mass is 10.0. The average Bonchev–Trinajstić information content (AvgIpc) is 2.45. The molecule has 136 valence electrons. The lowest BCUT2D eigenvalue weighted by Crippen LogP contribution is -2.43. The number of benzene rings is 1. The molecule has 0 atom stereocenters. The van der Waals surface area contributed by atoms with Crippen LogP contribution in [0, 0.1) is 13.8 Å². The van der Waals surface area contributed by atoms with Crippen LogP contribution in [0.25, 0.3) is 0 Å². The van der Waals surface area contributed by atoms with E-state index >= 15 is 0 Å². The molecule has 1 amide bonds. The zero-order chi connectivity index (χ0) is 18.5. The average molecular weight is 355 g/mol. The molecule has 1 aromatic carbocycles. The number of hydrogen-bond donors (Lipinski definition) is 1. The van der Waals surface area contributed by atoms with Gasteiger partial charge in [-0.1, -0.05) is 19.1 Å². The smallest absolute Gasteiger partial charge is 0.232 e. The molecule has 1 N–H and O–H groups in total. The van der Waals surface area contributed by atoms with Gasteiger partial charge in [-0.3, -0.25) is 9.10 Å². The van der Waals surface area contributed by atoms with E-state index in [9.17, 15) is 13.2 Å². The second kappa shape index (κ2) is 8.01. The van der Waals surface area contributed by atoms with Gasteiger partial charge in [0.1, 0.15) is 0 Å². The maximum Gasteiger partial charge on any atom is 0.232 e. The minimum Gasteiger partial charge on any atom is -0.351 e. The SMILES string of the molecule is CCC(C)(C)NC(=O)CCCN(c1cccc(C)c1C)S(C)(=O)=O. The highest BCUT2D eigenvalue weighted by Crippen LogP contribution is 2.25. The second-order valence-corrected chi connectivity index (χ2v) is 8.85. The van der Waals surface area contributed by atoms with E-state index in [2.05, 4.69) is 5.32 Å². The Morgan fingerprint density at radius 3 is 2.42 bits per heavy atom. The van der Waals surface area contributed by atoms with E-state index in [1.807, 2.05) is 52.8 Å². The second-order valence-electron chi connectivity index (χ2n) is 6.94. The van der Waals surface area contributed by atoms with Gasteiger partial charge in [-0.25, -0.2) is 8.42 Å². The van der Waals surface area contributed by atoms with Crippen LogP contribution in [0.2, 0.25) is 0 Å². The fourth-order valence-corrected chi connectivity index (χ4v) is 3.40. The number of carbonyl (C=O) groups is 1. The van der Waals surface area contributed by atoms with Crippen LogP contribution in [0.15, 0.2) is 18.2 Å². The fourth-order valence-electron chi connectivity index (χ4n) is 2.38. The van der Waals surface area contributed by atoms with Crippen molar-refractivity contribution in [3.05, 3.63) is 29.3 Å². The topological polar surface area (TPSA) is 66.5 Å². The Morgan fingerprint density at radius 1 is 1.25 bits per heavy atom. The van der Waals surface area contributed by atoms with Crippen LogP contribution < -0.4 is 9.62 Å². The van der Waals surface area contributed by atoms with Crippen LogP contribution >= 0.6 is 0 Å². The summed E-state index contributed by atoms with van der Waals surface area (Å²) in [5, 5.41) is 2.97. The third-order valence-corrected chi connectivity index (χ3v) is 5.55. The number of nitrogens with zero attached hydrogens (tertiary/aromatic N) is 1. The molecule has 0 heterocycles. The van der Waals surface area contributed by atoms with E-state index in [1.165, 1.54) is 10.6 Å². The maximum atomic E-state index is 12.2. The van der Waals surface area contributed by atoms with Crippen molar-refractivity contribution in [2.45, 2.75) is 59.4 Å². The van der Waals surface area contributed by atoms with E-state index in [4.69, 9.17) is 0 Å². The molecule has 1 aromatic rings. The van der Waals surface area contributed by atoms with Crippen molar-refractivity contribution in [2.75, 3.05) is 17.1 Å². The quantitative estimate of drug-likeness (QED) is 0.780. The first-order valence-corrected chi connectivity index (χ1v) is 10.2. The molecule has 5 nitrogen and oxygen atoms in total. The summed E-state index contributed by atoms with van der Waals surface area (Å²) in [5.74, 6) is -0.0451. The largest absolute Gasteiger partial charge is 0.351 e. The Kier molecular flexibility index (Phi) is 6.84. The Hall–Kier alpha value is -1.56. The molecule has 0 radical (unpaired) electrons. The summed E-state index contributed by atoms with van der Waals surface area (Å²) in [6.07, 6.45) is 2.83. The predicted molar refractivity (Wildman–Crippen MR) is 99.9 cm³/mol. The minimum atomic E-state index is -3.39. The highest BCUT2D eigenvalue weighted by Gasteiger charge is 2.21. The van der Waals surface area contributed by atoms with Crippen LogP contribution in [0.5, 0.6) is 0 Å². The van der Waals surface area contributed by atoms with Gasteiger partial charge in [-0.2, -0.15) is 0 Å². The molecule has 24 heavy (non-hydrogen) atoms. The van der Waals surface area contributed by atoms with Crippen molar-refractivity contribution in [1.29, 1.82) is 0 Å². The Labute approximate surface area is 146 Å². The highest BCUT2D eigenvalue weighted by molar-refractivity contribution is 7.92. The van der Waals surface area contributed by atoms with Crippen molar-refractivity contribution in [3.63, 3.8) is 0 Å². The van der Waals surface area contributed by atoms with Crippen molar-refractivity contribution in [3.8, 4) is 0 Å². The van der Waals surface area contributed by atoms with Crippen molar-refractivity contribution >= 4 is 21.6 Å². The van der Waals surface area contributed by atoms with Crippen LogP contribution in [0.1, 0.15) is 51.2 Å². The lowest BCUT2D eigenvalue weighted by molar-refractivity contribution is -0.122. The third-order valence-electron chi connectivity index (χ3n) is 4.37. The number of rotatable bonds is 8. The lowest BCUT2D eigenvalue weighted by Gasteiger charge is -2.26. The van der Waals surface area contributed by atoms with Crippen LogP contribution in [0.4, 0.5) is 5.69 Å². The summed E-state index contributed by atoms with van der Waals surface area (Å²) < 4.78 is 25.7. The molecule has 0 aliphatic rings. The van der Waals surface area contributed by atoms with E-state index < -0.39 is 10.0 Å². The summed E-state index contributed by atoms with van der Waals surface area (Å²) in [4.78, 5) is 12.0. The van der Waals surface area contributed by atoms with Crippen LogP contribution in [0.3, 0.4) is 0 Å². The fraction of sp³-hybridized carbons (Fsp3) is 0.611. The van der Waals surface area contributed by atoms with Gasteiger partial charge in [-0.15, -0.1) is 0 Å². The monoisotopic (exact) mass is 354 g/mol. The van der Waals surface area contributed by atoms with Gasteiger partial charge in [0.2, 0.25) is 15.9 Å². The standard InChI is InChI=1S/C18H30N2O3S/c1-7-18(4,5)19-17(21)12-9-13-20(24(6,22)23)16-11-8-10-14(2)15(16)3/h8,10-11H,7,9,12-13H2,1-6H3,(H,19,21). The van der Waals surface area contributed by atoms with Gasteiger partial charge in [0, 0.05) is 18.5 Å². The van der Waals surface area contributed by atoms with Gasteiger partial charge < -0.3 is 5.32 Å². The molecular formula is C18H30N2O3S. The number of aryl methyl sites for hydroxylation is 1. The molecule has 0 saturated heterocycles. The highest BCUT2D eigenvalue weighted by atomic mass is 32.2. The van der Waals surface area contributed by atoms with Crippen LogP contribution in [-0.4, -0.2) is 32.7 Å². The summed E-state index contributed by atoms with van der Waals surface area (Å²) in [7, 11) is -3.39. The van der Waals surface area contributed by atoms with Gasteiger partial charge in [-0.05, 0) is 57.7 Å². The molecule has 0 fully saturated rings. The van der Waals surface area contributed by atoms with E-state index in [1.54, 1.807) is 0 Å². The molecule has 1 rings (SSSR count). The Morgan fingerprint density at radius 2 is 1.88 bits per heavy atom. The molecule has 0 saturated carbocycles. The molecule has 6 heteroatoms. The summed E-state index contributed by atoms with van der Waals surface area (Å²) in [5.41, 5.74) is 2.44.